The summed E-state index contributed by atoms with van der Waals surface area (Å²) in [5.74, 6) is -0.842. The molecular formula is C52H58FN11O6. The molecule has 1 unspecified atom stereocenters. The van der Waals surface area contributed by atoms with E-state index in [4.69, 9.17) is 4.98 Å². The molecule has 0 spiro atoms. The minimum Gasteiger partial charge on any atom is -0.392 e. The number of aromatic nitrogens is 4. The summed E-state index contributed by atoms with van der Waals surface area (Å²) in [7, 11) is 1.68. The maximum atomic E-state index is 15.9. The average molecular weight is 952 g/mol. The molecule has 70 heavy (non-hydrogen) atoms. The maximum absolute atomic E-state index is 15.9. The Labute approximate surface area is 404 Å². The second-order valence-electron chi connectivity index (χ2n) is 20.5. The van der Waals surface area contributed by atoms with Crippen LogP contribution in [0.1, 0.15) is 88.3 Å². The number of aryl methyl sites for hydroxylation is 1. The Bertz CT molecular complexity index is 3010. The quantitative estimate of drug-likeness (QED) is 0.169. The van der Waals surface area contributed by atoms with Crippen molar-refractivity contribution in [2.24, 2.45) is 12.5 Å². The third-order valence-electron chi connectivity index (χ3n) is 15.5. The molecule has 364 valence electrons. The fourth-order valence-electron chi connectivity index (χ4n) is 11.8. The van der Waals surface area contributed by atoms with Crippen LogP contribution in [0.3, 0.4) is 0 Å². The minimum atomic E-state index is -0.781. The Balaban J connectivity index is 0.692. The first-order valence-electron chi connectivity index (χ1n) is 24.5. The number of imide groups is 1. The topological polar surface area (TPSA) is 181 Å². The predicted octanol–water partition coefficient (Wildman–Crippen LogP) is 4.35. The molecule has 6 aliphatic rings. The zero-order valence-corrected chi connectivity index (χ0v) is 39.8. The fraction of sp³-hybridized carbons (Fsp3) is 0.442. The average Bonchev–Trinajstić information content (AvgIpc) is 3.98. The lowest BCUT2D eigenvalue weighted by Gasteiger charge is -2.43. The Morgan fingerprint density at radius 1 is 0.871 bits per heavy atom. The molecule has 0 bridgehead atoms. The number of rotatable bonds is 10. The minimum absolute atomic E-state index is 0.0175. The lowest BCUT2D eigenvalue weighted by molar-refractivity contribution is -0.136. The Kier molecular flexibility index (Phi) is 11.7. The van der Waals surface area contributed by atoms with Crippen molar-refractivity contribution in [2.45, 2.75) is 90.7 Å². The van der Waals surface area contributed by atoms with E-state index in [0.29, 0.717) is 76.5 Å². The molecule has 9 heterocycles. The van der Waals surface area contributed by atoms with Crippen molar-refractivity contribution in [3.63, 3.8) is 0 Å². The first kappa shape index (κ1) is 45.7. The molecule has 3 fully saturated rings. The van der Waals surface area contributed by atoms with Crippen LogP contribution in [0.4, 0.5) is 27.4 Å². The lowest BCUT2D eigenvalue weighted by atomic mass is 9.90. The fourth-order valence-corrected chi connectivity index (χ4v) is 11.8. The summed E-state index contributed by atoms with van der Waals surface area (Å²) in [5, 5.41) is 16.3. The standard InChI is InChI=1S/C52H58FN11O6/c1-52(2)24-32-23-42-51(70)63(21-20-62(42)43(32)25-52)47-39(30-65)36(10-13-54-47)33-22-40(50(69)58(3)27-33)56-44-8-5-35(26-55-44)60-14-11-34(12-15-60)61-18-16-59(17-19-61)28-31-4-6-37-38(46(31)53)29-64(49(37)68)41-7-9-45(66)57-48(41)67/h4-6,8,10,13,22-23,26-27,34,41,65H,7,9,11-12,14-21,24-25,28-30H2,1-3H3,(H,55,56)(H,57,66,67). The third kappa shape index (κ3) is 8.24. The number of anilines is 4. The molecule has 4 aromatic heterocycles. The van der Waals surface area contributed by atoms with E-state index in [9.17, 15) is 29.1 Å². The van der Waals surface area contributed by atoms with Crippen molar-refractivity contribution in [3.05, 3.63) is 116 Å². The third-order valence-corrected chi connectivity index (χ3v) is 15.5. The molecule has 4 amide bonds. The number of benzene rings is 1. The van der Waals surface area contributed by atoms with E-state index in [2.05, 4.69) is 48.7 Å². The number of hydrogen-bond donors (Lipinski definition) is 3. The number of piperazine rings is 1. The predicted molar refractivity (Wildman–Crippen MR) is 260 cm³/mol. The molecule has 0 radical (unpaired) electrons. The van der Waals surface area contributed by atoms with Crippen LogP contribution in [0.2, 0.25) is 0 Å². The normalized spacial score (nSPS) is 20.8. The van der Waals surface area contributed by atoms with Crippen LogP contribution >= 0.6 is 0 Å². The summed E-state index contributed by atoms with van der Waals surface area (Å²) in [6, 6.07) is 12.5. The van der Waals surface area contributed by atoms with Gasteiger partial charge in [0.25, 0.3) is 17.4 Å². The Morgan fingerprint density at radius 3 is 2.41 bits per heavy atom. The molecule has 5 aromatic rings. The number of pyridine rings is 3. The van der Waals surface area contributed by atoms with Crippen molar-refractivity contribution in [1.82, 2.24) is 39.1 Å². The van der Waals surface area contributed by atoms with E-state index in [1.165, 1.54) is 20.7 Å². The zero-order chi connectivity index (χ0) is 48.6. The smallest absolute Gasteiger partial charge is 0.276 e. The van der Waals surface area contributed by atoms with E-state index >= 15 is 4.39 Å². The summed E-state index contributed by atoms with van der Waals surface area (Å²) in [5.41, 5.74) is 7.39. The largest absolute Gasteiger partial charge is 0.392 e. The van der Waals surface area contributed by atoms with Crippen molar-refractivity contribution >= 4 is 46.6 Å². The maximum Gasteiger partial charge on any atom is 0.276 e. The van der Waals surface area contributed by atoms with Gasteiger partial charge in [-0.1, -0.05) is 19.9 Å². The zero-order valence-electron chi connectivity index (χ0n) is 39.8. The van der Waals surface area contributed by atoms with Crippen LogP contribution in [0.15, 0.2) is 65.8 Å². The molecule has 1 aromatic carbocycles. The first-order valence-corrected chi connectivity index (χ1v) is 24.5. The Hall–Kier alpha value is -6.76. The molecule has 0 saturated carbocycles. The van der Waals surface area contributed by atoms with E-state index in [1.807, 2.05) is 24.4 Å². The van der Waals surface area contributed by atoms with Gasteiger partial charge in [0.15, 0.2) is 0 Å². The van der Waals surface area contributed by atoms with Crippen LogP contribution in [-0.4, -0.2) is 120 Å². The molecule has 1 aliphatic carbocycles. The molecule has 18 heteroatoms. The highest BCUT2D eigenvalue weighted by atomic mass is 19.1. The van der Waals surface area contributed by atoms with Gasteiger partial charge in [-0.05, 0) is 85.0 Å². The summed E-state index contributed by atoms with van der Waals surface area (Å²) in [6.45, 7) is 10.8. The first-order chi connectivity index (χ1) is 33.7. The molecule has 5 aliphatic heterocycles. The number of halogens is 1. The number of hydrogen-bond acceptors (Lipinski definition) is 12. The summed E-state index contributed by atoms with van der Waals surface area (Å²) < 4.78 is 19.6. The molecule has 17 nitrogen and oxygen atoms in total. The number of nitrogens with one attached hydrogen (secondary N) is 2. The van der Waals surface area contributed by atoms with Crippen LogP contribution in [0.5, 0.6) is 0 Å². The van der Waals surface area contributed by atoms with Crippen LogP contribution < -0.4 is 26.0 Å². The highest BCUT2D eigenvalue weighted by Gasteiger charge is 2.41. The number of nitrogens with zero attached hydrogens (tertiary/aromatic N) is 9. The van der Waals surface area contributed by atoms with E-state index in [1.54, 1.807) is 48.6 Å². The van der Waals surface area contributed by atoms with Crippen LogP contribution in [-0.2, 0) is 55.7 Å². The molecule has 1 atom stereocenters. The van der Waals surface area contributed by atoms with Gasteiger partial charge in [0.1, 0.15) is 34.9 Å². The number of carbonyl (C=O) groups is 4. The second-order valence-corrected chi connectivity index (χ2v) is 20.5. The van der Waals surface area contributed by atoms with Crippen molar-refractivity contribution < 1.29 is 28.7 Å². The lowest BCUT2D eigenvalue weighted by Crippen LogP contribution is -2.53. The van der Waals surface area contributed by atoms with Crippen LogP contribution in [0, 0.1) is 11.2 Å². The number of amides is 4. The van der Waals surface area contributed by atoms with Crippen molar-refractivity contribution in [3.8, 4) is 11.1 Å². The van der Waals surface area contributed by atoms with Gasteiger partial charge in [0, 0.05) is 124 Å². The van der Waals surface area contributed by atoms with Crippen molar-refractivity contribution in [1.29, 1.82) is 0 Å². The van der Waals surface area contributed by atoms with Gasteiger partial charge in [-0.2, -0.15) is 0 Å². The molecule has 3 N–H and O–H groups in total. The van der Waals surface area contributed by atoms with Gasteiger partial charge >= 0.3 is 0 Å². The molecular weight excluding hydrogens is 894 g/mol. The Morgan fingerprint density at radius 2 is 1.67 bits per heavy atom. The number of fused-ring (bicyclic) bond motifs is 4. The van der Waals surface area contributed by atoms with Gasteiger partial charge < -0.3 is 29.4 Å². The van der Waals surface area contributed by atoms with Gasteiger partial charge in [-0.15, -0.1) is 0 Å². The molecule has 11 rings (SSSR count). The summed E-state index contributed by atoms with van der Waals surface area (Å²) >= 11 is 0. The summed E-state index contributed by atoms with van der Waals surface area (Å²) in [4.78, 5) is 84.3. The SMILES string of the molecule is Cn1cc(-c2ccnc(N3CCn4c(cc5c4CC(C)(C)C5)C3=O)c2CO)cc(Nc2ccc(N3CCC(N4CCN(Cc5ccc6c(c5F)CN(C5CCC(=O)NC5=O)C6=O)CC4)CC3)cn2)c1=O. The van der Waals surface area contributed by atoms with Gasteiger partial charge in [-0.3, -0.25) is 44.0 Å². The molecule has 3 saturated heterocycles. The second kappa shape index (κ2) is 17.9. The number of aliphatic hydroxyl groups excluding tert-OH is 1. The summed E-state index contributed by atoms with van der Waals surface area (Å²) in [6.07, 6.45) is 9.44. The van der Waals surface area contributed by atoms with Gasteiger partial charge in [0.2, 0.25) is 11.8 Å². The van der Waals surface area contributed by atoms with E-state index in [0.717, 1.165) is 70.6 Å². The number of aliphatic hydroxyl groups is 1. The number of piperidine rings is 2. The van der Waals surface area contributed by atoms with E-state index < -0.39 is 17.8 Å². The number of carbonyl (C=O) groups excluding carboxylic acids is 4. The van der Waals surface area contributed by atoms with Crippen molar-refractivity contribution in [2.75, 3.05) is 60.9 Å². The highest BCUT2D eigenvalue weighted by molar-refractivity contribution is 6.07. The van der Waals surface area contributed by atoms with Crippen LogP contribution in [0.25, 0.3) is 11.1 Å². The van der Waals surface area contributed by atoms with Gasteiger partial charge in [-0.25, -0.2) is 14.4 Å². The monoisotopic (exact) mass is 951 g/mol. The van der Waals surface area contributed by atoms with Gasteiger partial charge in [0.05, 0.1) is 25.0 Å². The highest BCUT2D eigenvalue weighted by Crippen LogP contribution is 2.40. The van der Waals surface area contributed by atoms with E-state index in [-0.39, 0.29) is 60.3 Å².